The molecule has 2 N–H and O–H groups in total. The molecule has 2 aromatic rings. The third kappa shape index (κ3) is 2.50. The molecule has 0 aromatic carbocycles. The number of aryl methyl sites for hydroxylation is 1. The molecule has 1 amide bonds. The Morgan fingerprint density at radius 1 is 1.40 bits per heavy atom. The molecule has 0 atom stereocenters. The van der Waals surface area contributed by atoms with Gasteiger partial charge in [0.1, 0.15) is 4.88 Å². The minimum absolute atomic E-state index is 0.0733. The number of carbonyl (C=O) groups is 2. The number of anilines is 1. The van der Waals surface area contributed by atoms with Gasteiger partial charge in [-0.1, -0.05) is 0 Å². The number of nitrogens with one attached hydrogen (secondary N) is 1. The largest absolute Gasteiger partial charge is 0.477 e. The first kappa shape index (κ1) is 14.1. The summed E-state index contributed by atoms with van der Waals surface area (Å²) in [6.07, 6.45) is 0.950. The Labute approximate surface area is 115 Å². The van der Waals surface area contributed by atoms with Crippen LogP contribution in [0.5, 0.6) is 0 Å². The predicted octanol–water partition coefficient (Wildman–Crippen LogP) is 2.68. The van der Waals surface area contributed by atoms with Crippen LogP contribution in [0.2, 0.25) is 0 Å². The van der Waals surface area contributed by atoms with Crippen molar-refractivity contribution in [1.29, 1.82) is 0 Å². The number of halogens is 2. The molecule has 2 rings (SSSR count). The summed E-state index contributed by atoms with van der Waals surface area (Å²) in [4.78, 5) is 25.9. The number of carboxylic acids is 1. The smallest absolute Gasteiger partial charge is 0.348 e. The van der Waals surface area contributed by atoms with E-state index >= 15 is 0 Å². The summed E-state index contributed by atoms with van der Waals surface area (Å²) in [7, 11) is 0. The van der Waals surface area contributed by atoms with E-state index in [0.717, 1.165) is 23.6 Å². The van der Waals surface area contributed by atoms with Crippen LogP contribution in [0.4, 0.5) is 14.5 Å². The summed E-state index contributed by atoms with van der Waals surface area (Å²) in [5, 5.41) is 12.8. The summed E-state index contributed by atoms with van der Waals surface area (Å²) in [6.45, 7) is 1.60. The molecule has 0 bridgehead atoms. The maximum Gasteiger partial charge on any atom is 0.348 e. The van der Waals surface area contributed by atoms with Crippen LogP contribution in [-0.2, 0) is 0 Å². The van der Waals surface area contributed by atoms with Crippen LogP contribution >= 0.6 is 11.3 Å². The van der Waals surface area contributed by atoms with Gasteiger partial charge in [-0.2, -0.15) is 4.39 Å². The third-order valence-electron chi connectivity index (χ3n) is 2.50. The van der Waals surface area contributed by atoms with Gasteiger partial charge in [0.15, 0.2) is 5.82 Å². The van der Waals surface area contributed by atoms with Gasteiger partial charge in [-0.3, -0.25) is 4.79 Å². The number of aromatic nitrogens is 1. The summed E-state index contributed by atoms with van der Waals surface area (Å²) in [5.74, 6) is -4.92. The Hall–Kier alpha value is -2.35. The van der Waals surface area contributed by atoms with Gasteiger partial charge in [-0.25, -0.2) is 14.2 Å². The fraction of sp³-hybridized carbons (Fsp3) is 0.0833. The van der Waals surface area contributed by atoms with Crippen molar-refractivity contribution in [2.75, 3.05) is 5.32 Å². The minimum Gasteiger partial charge on any atom is -0.477 e. The number of carbonyl (C=O) groups excluding carboxylic acids is 1. The number of carboxylic acid groups (broad SMARTS) is 1. The first-order valence-corrected chi connectivity index (χ1v) is 6.22. The zero-order chi connectivity index (χ0) is 14.9. The van der Waals surface area contributed by atoms with Crippen LogP contribution in [-0.4, -0.2) is 22.0 Å². The van der Waals surface area contributed by atoms with E-state index in [0.29, 0.717) is 5.56 Å². The number of hydrogen-bond donors (Lipinski definition) is 2. The van der Waals surface area contributed by atoms with E-state index in [1.807, 2.05) is 0 Å². The van der Waals surface area contributed by atoms with E-state index in [4.69, 9.17) is 5.11 Å². The van der Waals surface area contributed by atoms with Crippen LogP contribution in [0.15, 0.2) is 17.6 Å². The lowest BCUT2D eigenvalue weighted by Crippen LogP contribution is -2.16. The van der Waals surface area contributed by atoms with Gasteiger partial charge in [0.25, 0.3) is 5.91 Å². The summed E-state index contributed by atoms with van der Waals surface area (Å²) in [5.41, 5.74) is 0.0549. The molecule has 104 valence electrons. The van der Waals surface area contributed by atoms with E-state index in [9.17, 15) is 18.4 Å². The number of hydrogen-bond acceptors (Lipinski definition) is 4. The van der Waals surface area contributed by atoms with Gasteiger partial charge < -0.3 is 10.4 Å². The number of amides is 1. The molecule has 0 aliphatic carbocycles. The fourth-order valence-corrected chi connectivity index (χ4v) is 2.37. The molecule has 0 fully saturated rings. The highest BCUT2D eigenvalue weighted by Crippen LogP contribution is 2.28. The van der Waals surface area contributed by atoms with Gasteiger partial charge >= 0.3 is 5.97 Å². The Bertz CT molecular complexity index is 700. The van der Waals surface area contributed by atoms with Gasteiger partial charge in [-0.15, -0.1) is 11.3 Å². The van der Waals surface area contributed by atoms with Gasteiger partial charge in [0.05, 0.1) is 11.3 Å². The summed E-state index contributed by atoms with van der Waals surface area (Å²) >= 11 is 0.934. The second kappa shape index (κ2) is 5.33. The molecule has 0 saturated carbocycles. The summed E-state index contributed by atoms with van der Waals surface area (Å²) < 4.78 is 26.4. The van der Waals surface area contributed by atoms with Crippen molar-refractivity contribution in [3.8, 4) is 0 Å². The second-order valence-electron chi connectivity index (χ2n) is 3.85. The SMILES string of the molecule is Cc1csc(C(=O)O)c1NC(=O)c1ccnc(F)c1F. The number of aromatic carboxylic acids is 1. The quantitative estimate of drug-likeness (QED) is 0.854. The van der Waals surface area contributed by atoms with Gasteiger partial charge in [-0.05, 0) is 23.9 Å². The molecule has 8 heteroatoms. The van der Waals surface area contributed by atoms with E-state index in [1.165, 1.54) is 0 Å². The van der Waals surface area contributed by atoms with E-state index in [1.54, 1.807) is 12.3 Å². The lowest BCUT2D eigenvalue weighted by atomic mass is 10.2. The normalized spacial score (nSPS) is 10.3. The molecule has 0 aliphatic heterocycles. The highest BCUT2D eigenvalue weighted by molar-refractivity contribution is 7.12. The fourth-order valence-electron chi connectivity index (χ4n) is 1.53. The molecule has 0 radical (unpaired) electrons. The number of nitrogens with zero attached hydrogens (tertiary/aromatic N) is 1. The number of thiophene rings is 1. The van der Waals surface area contributed by atoms with Gasteiger partial charge in [0, 0.05) is 6.20 Å². The Morgan fingerprint density at radius 3 is 2.75 bits per heavy atom. The third-order valence-corrected chi connectivity index (χ3v) is 3.58. The van der Waals surface area contributed by atoms with Crippen molar-refractivity contribution >= 4 is 28.9 Å². The van der Waals surface area contributed by atoms with Crippen molar-refractivity contribution in [1.82, 2.24) is 4.98 Å². The van der Waals surface area contributed by atoms with E-state index in [2.05, 4.69) is 10.3 Å². The molecular formula is C12H8F2N2O3S. The maximum absolute atomic E-state index is 13.4. The molecular weight excluding hydrogens is 290 g/mol. The van der Waals surface area contributed by atoms with Crippen molar-refractivity contribution < 1.29 is 23.5 Å². The first-order chi connectivity index (χ1) is 9.41. The minimum atomic E-state index is -1.39. The molecule has 0 saturated heterocycles. The molecule has 5 nitrogen and oxygen atoms in total. The second-order valence-corrected chi connectivity index (χ2v) is 4.73. The average Bonchev–Trinajstić information content (AvgIpc) is 2.74. The standard InChI is InChI=1S/C12H8F2N2O3S/c1-5-4-20-9(12(18)19)8(5)16-11(17)6-2-3-15-10(14)7(6)13/h2-4H,1H3,(H,16,17)(H,18,19). The molecule has 2 aromatic heterocycles. The molecule has 0 aliphatic rings. The Kier molecular flexibility index (Phi) is 3.75. The predicted molar refractivity (Wildman–Crippen MR) is 68.1 cm³/mol. The van der Waals surface area contributed by atoms with E-state index in [-0.39, 0.29) is 10.6 Å². The number of rotatable bonds is 3. The monoisotopic (exact) mass is 298 g/mol. The molecule has 0 unspecified atom stereocenters. The van der Waals surface area contributed by atoms with Crippen molar-refractivity contribution in [2.24, 2.45) is 0 Å². The van der Waals surface area contributed by atoms with Crippen LogP contribution < -0.4 is 5.32 Å². The van der Waals surface area contributed by atoms with Crippen LogP contribution in [0.3, 0.4) is 0 Å². The lowest BCUT2D eigenvalue weighted by Gasteiger charge is -2.07. The first-order valence-electron chi connectivity index (χ1n) is 5.34. The van der Waals surface area contributed by atoms with Crippen molar-refractivity contribution in [3.05, 3.63) is 45.4 Å². The molecule has 0 spiro atoms. The Balaban J connectivity index is 2.35. The van der Waals surface area contributed by atoms with Crippen LogP contribution in [0, 0.1) is 18.7 Å². The average molecular weight is 298 g/mol. The zero-order valence-electron chi connectivity index (χ0n) is 10.1. The zero-order valence-corrected chi connectivity index (χ0v) is 10.9. The van der Waals surface area contributed by atoms with Crippen LogP contribution in [0.1, 0.15) is 25.6 Å². The van der Waals surface area contributed by atoms with Crippen LogP contribution in [0.25, 0.3) is 0 Å². The molecule has 20 heavy (non-hydrogen) atoms. The highest BCUT2D eigenvalue weighted by atomic mass is 32.1. The number of pyridine rings is 1. The van der Waals surface area contributed by atoms with Gasteiger partial charge in [0.2, 0.25) is 5.95 Å². The molecule has 2 heterocycles. The van der Waals surface area contributed by atoms with Crippen molar-refractivity contribution in [3.63, 3.8) is 0 Å². The maximum atomic E-state index is 13.4. The lowest BCUT2D eigenvalue weighted by molar-refractivity contribution is 0.0703. The highest BCUT2D eigenvalue weighted by Gasteiger charge is 2.21. The summed E-state index contributed by atoms with van der Waals surface area (Å²) in [6, 6.07) is 1.01. The van der Waals surface area contributed by atoms with Crippen molar-refractivity contribution in [2.45, 2.75) is 6.92 Å². The topological polar surface area (TPSA) is 79.3 Å². The Morgan fingerprint density at radius 2 is 2.10 bits per heavy atom. The van der Waals surface area contributed by atoms with E-state index < -0.39 is 29.2 Å².